The molecule has 0 heterocycles. The number of benzene rings is 2. The minimum atomic E-state index is -0.558. The van der Waals surface area contributed by atoms with Crippen molar-refractivity contribution in [3.05, 3.63) is 69.2 Å². The maximum absolute atomic E-state index is 13.2. The SMILES string of the molecule is Cc1cc(C)cc(CSCC(=O)N(Cc2ccc(Br)cc2)[C@H](C)C(=O)NC(C)(C)C)c1. The third-order valence-corrected chi connectivity index (χ3v) is 6.22. The van der Waals surface area contributed by atoms with Crippen LogP contribution in [0, 0.1) is 13.8 Å². The van der Waals surface area contributed by atoms with Crippen LogP contribution < -0.4 is 5.32 Å². The van der Waals surface area contributed by atoms with Gasteiger partial charge in [-0.2, -0.15) is 0 Å². The van der Waals surface area contributed by atoms with Crippen molar-refractivity contribution in [3.8, 4) is 0 Å². The molecule has 0 radical (unpaired) electrons. The van der Waals surface area contributed by atoms with Crippen LogP contribution in [-0.4, -0.2) is 34.0 Å². The normalized spacial score (nSPS) is 12.4. The summed E-state index contributed by atoms with van der Waals surface area (Å²) in [6.45, 7) is 12.2. The van der Waals surface area contributed by atoms with E-state index in [1.165, 1.54) is 16.7 Å². The summed E-state index contributed by atoms with van der Waals surface area (Å²) in [5, 5.41) is 3.00. The van der Waals surface area contributed by atoms with E-state index in [1.54, 1.807) is 23.6 Å². The Balaban J connectivity index is 2.10. The van der Waals surface area contributed by atoms with Gasteiger partial charge in [0.15, 0.2) is 0 Å². The van der Waals surface area contributed by atoms with Crippen LogP contribution in [0.5, 0.6) is 0 Å². The Morgan fingerprint density at radius 1 is 1.03 bits per heavy atom. The summed E-state index contributed by atoms with van der Waals surface area (Å²) < 4.78 is 0.983. The van der Waals surface area contributed by atoms with E-state index >= 15 is 0 Å². The first kappa shape index (κ1) is 25.5. The zero-order chi connectivity index (χ0) is 23.2. The number of hydrogen-bond acceptors (Lipinski definition) is 3. The van der Waals surface area contributed by atoms with E-state index in [0.29, 0.717) is 12.3 Å². The van der Waals surface area contributed by atoms with E-state index in [4.69, 9.17) is 0 Å². The van der Waals surface area contributed by atoms with Crippen molar-refractivity contribution in [1.29, 1.82) is 0 Å². The van der Waals surface area contributed by atoms with Gasteiger partial charge in [-0.25, -0.2) is 0 Å². The summed E-state index contributed by atoms with van der Waals surface area (Å²) in [6.07, 6.45) is 0. The summed E-state index contributed by atoms with van der Waals surface area (Å²) >= 11 is 5.03. The van der Waals surface area contributed by atoms with Gasteiger partial charge in [0.05, 0.1) is 5.75 Å². The van der Waals surface area contributed by atoms with Gasteiger partial charge in [-0.3, -0.25) is 9.59 Å². The summed E-state index contributed by atoms with van der Waals surface area (Å²) in [6, 6.07) is 13.8. The van der Waals surface area contributed by atoms with Crippen LogP contribution in [0.3, 0.4) is 0 Å². The molecule has 4 nitrogen and oxygen atoms in total. The molecule has 1 atom stereocenters. The van der Waals surface area contributed by atoms with Gasteiger partial charge in [0, 0.05) is 22.3 Å². The van der Waals surface area contributed by atoms with Gasteiger partial charge in [-0.05, 0) is 64.8 Å². The number of rotatable bonds is 8. The Morgan fingerprint density at radius 2 is 1.61 bits per heavy atom. The van der Waals surface area contributed by atoms with Crippen molar-refractivity contribution < 1.29 is 9.59 Å². The van der Waals surface area contributed by atoms with Crippen LogP contribution >= 0.6 is 27.7 Å². The van der Waals surface area contributed by atoms with Gasteiger partial charge in [0.2, 0.25) is 11.8 Å². The van der Waals surface area contributed by atoms with Crippen molar-refractivity contribution in [1.82, 2.24) is 10.2 Å². The molecule has 0 aliphatic heterocycles. The largest absolute Gasteiger partial charge is 0.350 e. The molecule has 6 heteroatoms. The van der Waals surface area contributed by atoms with Crippen LogP contribution in [0.2, 0.25) is 0 Å². The highest BCUT2D eigenvalue weighted by Crippen LogP contribution is 2.19. The van der Waals surface area contributed by atoms with Crippen LogP contribution in [0.1, 0.15) is 49.9 Å². The van der Waals surface area contributed by atoms with E-state index < -0.39 is 6.04 Å². The zero-order valence-electron chi connectivity index (χ0n) is 19.3. The second-order valence-corrected chi connectivity index (χ2v) is 11.0. The number of thioether (sulfide) groups is 1. The minimum Gasteiger partial charge on any atom is -0.350 e. The molecule has 2 aromatic carbocycles. The lowest BCUT2D eigenvalue weighted by Crippen LogP contribution is -2.52. The smallest absolute Gasteiger partial charge is 0.242 e. The van der Waals surface area contributed by atoms with E-state index in [9.17, 15) is 9.59 Å². The maximum atomic E-state index is 13.2. The molecule has 31 heavy (non-hydrogen) atoms. The van der Waals surface area contributed by atoms with Gasteiger partial charge < -0.3 is 10.2 Å². The summed E-state index contributed by atoms with van der Waals surface area (Å²) in [7, 11) is 0. The predicted molar refractivity (Wildman–Crippen MR) is 134 cm³/mol. The summed E-state index contributed by atoms with van der Waals surface area (Å²) in [5.41, 5.74) is 4.31. The second kappa shape index (κ2) is 11.2. The lowest BCUT2D eigenvalue weighted by Gasteiger charge is -2.31. The number of aryl methyl sites for hydroxylation is 2. The van der Waals surface area contributed by atoms with Gasteiger partial charge in [-0.15, -0.1) is 11.8 Å². The summed E-state index contributed by atoms with van der Waals surface area (Å²) in [4.78, 5) is 27.6. The van der Waals surface area contributed by atoms with E-state index in [1.807, 2.05) is 45.0 Å². The summed E-state index contributed by atoms with van der Waals surface area (Å²) in [5.74, 6) is 0.922. The van der Waals surface area contributed by atoms with E-state index in [-0.39, 0.29) is 17.4 Å². The third-order valence-electron chi connectivity index (χ3n) is 4.71. The molecule has 0 bridgehead atoms. The molecule has 1 N–H and O–H groups in total. The molecule has 0 fully saturated rings. The first-order chi connectivity index (χ1) is 14.4. The molecule has 2 aromatic rings. The first-order valence-corrected chi connectivity index (χ1v) is 12.4. The molecule has 0 aliphatic carbocycles. The number of carbonyl (C=O) groups excluding carboxylic acids is 2. The molecule has 0 aromatic heterocycles. The van der Waals surface area contributed by atoms with Crippen LogP contribution in [0.4, 0.5) is 0 Å². The highest BCUT2D eigenvalue weighted by molar-refractivity contribution is 9.10. The minimum absolute atomic E-state index is 0.0335. The molecule has 168 valence electrons. The Kier molecular flexibility index (Phi) is 9.19. The average Bonchev–Trinajstić information content (AvgIpc) is 2.64. The Hall–Kier alpha value is -1.79. The van der Waals surface area contributed by atoms with Crippen molar-refractivity contribution in [2.24, 2.45) is 0 Å². The predicted octanol–water partition coefficient (Wildman–Crippen LogP) is 5.63. The average molecular weight is 506 g/mol. The van der Waals surface area contributed by atoms with Crippen molar-refractivity contribution in [2.75, 3.05) is 5.75 Å². The number of hydrogen-bond donors (Lipinski definition) is 1. The molecular weight excluding hydrogens is 472 g/mol. The fourth-order valence-corrected chi connectivity index (χ4v) is 4.44. The van der Waals surface area contributed by atoms with Crippen molar-refractivity contribution >= 4 is 39.5 Å². The number of halogens is 1. The molecule has 2 rings (SSSR count). The third kappa shape index (κ3) is 8.69. The molecular formula is C25H33BrN2O2S. The van der Waals surface area contributed by atoms with Crippen molar-refractivity contribution in [3.63, 3.8) is 0 Å². The zero-order valence-corrected chi connectivity index (χ0v) is 21.7. The lowest BCUT2D eigenvalue weighted by atomic mass is 10.1. The Morgan fingerprint density at radius 3 is 2.16 bits per heavy atom. The first-order valence-electron chi connectivity index (χ1n) is 10.5. The Labute approximate surface area is 199 Å². The quantitative estimate of drug-likeness (QED) is 0.506. The fraction of sp³-hybridized carbons (Fsp3) is 0.440. The van der Waals surface area contributed by atoms with Crippen LogP contribution in [-0.2, 0) is 21.9 Å². The van der Waals surface area contributed by atoms with Gasteiger partial charge in [0.25, 0.3) is 0 Å². The lowest BCUT2D eigenvalue weighted by molar-refractivity contribution is -0.139. The number of amides is 2. The maximum Gasteiger partial charge on any atom is 0.242 e. The highest BCUT2D eigenvalue weighted by atomic mass is 79.9. The molecule has 0 saturated carbocycles. The number of nitrogens with zero attached hydrogens (tertiary/aromatic N) is 1. The number of nitrogens with one attached hydrogen (secondary N) is 1. The molecule has 0 aliphatic rings. The second-order valence-electron chi connectivity index (χ2n) is 9.05. The fourth-order valence-electron chi connectivity index (χ4n) is 3.33. The topological polar surface area (TPSA) is 49.4 Å². The van der Waals surface area contributed by atoms with Gasteiger partial charge in [0.1, 0.15) is 6.04 Å². The van der Waals surface area contributed by atoms with Gasteiger partial charge >= 0.3 is 0 Å². The monoisotopic (exact) mass is 504 g/mol. The van der Waals surface area contributed by atoms with Crippen molar-refractivity contribution in [2.45, 2.75) is 65.4 Å². The highest BCUT2D eigenvalue weighted by Gasteiger charge is 2.28. The van der Waals surface area contributed by atoms with E-state index in [0.717, 1.165) is 15.8 Å². The van der Waals surface area contributed by atoms with Crippen LogP contribution in [0.25, 0.3) is 0 Å². The Bertz CT molecular complexity index is 886. The molecule has 0 spiro atoms. The molecule has 0 unspecified atom stereocenters. The van der Waals surface area contributed by atoms with Crippen LogP contribution in [0.15, 0.2) is 46.9 Å². The van der Waals surface area contributed by atoms with Gasteiger partial charge in [-0.1, -0.05) is 57.4 Å². The molecule has 2 amide bonds. The molecule has 0 saturated heterocycles. The number of carbonyl (C=O) groups is 2. The van der Waals surface area contributed by atoms with E-state index in [2.05, 4.69) is 53.3 Å². The standard InChI is InChI=1S/C25H33BrN2O2S/c1-17-11-18(2)13-21(12-17)15-31-16-23(29)28(14-20-7-9-22(26)10-8-20)19(3)24(30)27-25(4,5)6/h7-13,19H,14-16H2,1-6H3,(H,27,30)/t19-/m1/s1.